The number of carbonyl (C=O) groups excluding carboxylic acids is 1. The van der Waals surface area contributed by atoms with Gasteiger partial charge in [-0.3, -0.25) is 4.79 Å². The average Bonchev–Trinajstić information content (AvgIpc) is 2.73. The molecule has 2 heterocycles. The summed E-state index contributed by atoms with van der Waals surface area (Å²) in [7, 11) is 0. The third-order valence-electron chi connectivity index (χ3n) is 4.11. The molecule has 0 spiro atoms. The molecule has 1 aromatic carbocycles. The molecule has 2 N–H and O–H groups in total. The van der Waals surface area contributed by atoms with Gasteiger partial charge in [0.15, 0.2) is 0 Å². The molecule has 2 unspecified atom stereocenters. The summed E-state index contributed by atoms with van der Waals surface area (Å²) in [5, 5.41) is 0. The number of hydrogen-bond acceptors (Lipinski definition) is 3. The van der Waals surface area contributed by atoms with Crippen LogP contribution in [0.15, 0.2) is 24.3 Å². The maximum atomic E-state index is 12.5. The Kier molecular flexibility index (Phi) is 3.53. The third kappa shape index (κ3) is 2.51. The first kappa shape index (κ1) is 12.6. The van der Waals surface area contributed by atoms with Crippen molar-refractivity contribution in [1.29, 1.82) is 0 Å². The number of hydrogen-bond donors (Lipinski definition) is 1. The summed E-state index contributed by atoms with van der Waals surface area (Å²) in [5.74, 6) is -0.00744. The minimum absolute atomic E-state index is 0.147. The van der Waals surface area contributed by atoms with Crippen molar-refractivity contribution in [3.8, 4) is 0 Å². The second kappa shape index (κ2) is 5.31. The Labute approximate surface area is 113 Å². The van der Waals surface area contributed by atoms with Crippen LogP contribution in [0, 0.1) is 5.92 Å². The van der Waals surface area contributed by atoms with Crippen molar-refractivity contribution in [2.45, 2.75) is 25.4 Å². The molecule has 0 aliphatic carbocycles. The molecule has 0 radical (unpaired) electrons. The molecule has 4 heteroatoms. The van der Waals surface area contributed by atoms with Gasteiger partial charge in [0.25, 0.3) is 0 Å². The van der Waals surface area contributed by atoms with Crippen LogP contribution < -0.4 is 5.73 Å². The van der Waals surface area contributed by atoms with Gasteiger partial charge < -0.3 is 15.4 Å². The molecule has 2 atom stereocenters. The highest BCUT2D eigenvalue weighted by Crippen LogP contribution is 2.22. The lowest BCUT2D eigenvalue weighted by atomic mass is 10.0. The topological polar surface area (TPSA) is 55.6 Å². The van der Waals surface area contributed by atoms with E-state index in [4.69, 9.17) is 10.5 Å². The highest BCUT2D eigenvalue weighted by Gasteiger charge is 2.34. The number of amides is 1. The smallest absolute Gasteiger partial charge is 0.229 e. The van der Waals surface area contributed by atoms with Gasteiger partial charge in [-0.1, -0.05) is 24.3 Å². The van der Waals surface area contributed by atoms with E-state index in [1.807, 2.05) is 11.0 Å². The Bertz CT molecular complexity index is 475. The van der Waals surface area contributed by atoms with Crippen LogP contribution in [0.1, 0.15) is 17.5 Å². The summed E-state index contributed by atoms with van der Waals surface area (Å²) < 4.78 is 5.31. The Hall–Kier alpha value is -1.39. The first-order valence-electron chi connectivity index (χ1n) is 6.94. The second-order valence-electron chi connectivity index (χ2n) is 5.44. The highest BCUT2D eigenvalue weighted by atomic mass is 16.5. The zero-order valence-electron chi connectivity index (χ0n) is 11.0. The van der Waals surface area contributed by atoms with E-state index in [-0.39, 0.29) is 17.9 Å². The largest absolute Gasteiger partial charge is 0.379 e. The van der Waals surface area contributed by atoms with Crippen LogP contribution in [0.5, 0.6) is 0 Å². The van der Waals surface area contributed by atoms with E-state index >= 15 is 0 Å². The summed E-state index contributed by atoms with van der Waals surface area (Å²) in [6.07, 6.45) is 2.07. The third-order valence-corrected chi connectivity index (χ3v) is 4.11. The zero-order chi connectivity index (χ0) is 13.2. The maximum Gasteiger partial charge on any atom is 0.229 e. The molecule has 1 amide bonds. The molecule has 1 saturated heterocycles. The SMILES string of the molecule is NC1COCC1C(=O)N1CCCc2ccccc2C1. The lowest BCUT2D eigenvalue weighted by Gasteiger charge is -2.25. The number of aryl methyl sites for hydroxylation is 1. The van der Waals surface area contributed by atoms with Gasteiger partial charge in [0.05, 0.1) is 19.1 Å². The quantitative estimate of drug-likeness (QED) is 0.817. The van der Waals surface area contributed by atoms with E-state index < -0.39 is 0 Å². The number of carbonyl (C=O) groups is 1. The van der Waals surface area contributed by atoms with Gasteiger partial charge in [-0.2, -0.15) is 0 Å². The van der Waals surface area contributed by atoms with Crippen molar-refractivity contribution >= 4 is 5.91 Å². The fourth-order valence-corrected chi connectivity index (χ4v) is 2.95. The summed E-state index contributed by atoms with van der Waals surface area (Å²) in [6.45, 7) is 2.49. The summed E-state index contributed by atoms with van der Waals surface area (Å²) >= 11 is 0. The van der Waals surface area contributed by atoms with Crippen molar-refractivity contribution in [2.75, 3.05) is 19.8 Å². The normalized spacial score (nSPS) is 26.9. The number of rotatable bonds is 1. The summed E-state index contributed by atoms with van der Waals surface area (Å²) in [4.78, 5) is 14.5. The molecule has 0 aromatic heterocycles. The maximum absolute atomic E-state index is 12.5. The summed E-state index contributed by atoms with van der Waals surface area (Å²) in [6, 6.07) is 8.24. The highest BCUT2D eigenvalue weighted by molar-refractivity contribution is 5.80. The monoisotopic (exact) mass is 260 g/mol. The first-order valence-corrected chi connectivity index (χ1v) is 6.94. The molecule has 102 valence electrons. The molecule has 1 aromatic rings. The molecular formula is C15H20N2O2. The minimum atomic E-state index is -0.162. The summed E-state index contributed by atoms with van der Waals surface area (Å²) in [5.41, 5.74) is 8.58. The van der Waals surface area contributed by atoms with Gasteiger partial charge in [-0.15, -0.1) is 0 Å². The van der Waals surface area contributed by atoms with Crippen LogP contribution in [0.25, 0.3) is 0 Å². The van der Waals surface area contributed by atoms with Crippen LogP contribution in [-0.2, 0) is 22.5 Å². The van der Waals surface area contributed by atoms with Crippen molar-refractivity contribution < 1.29 is 9.53 Å². The van der Waals surface area contributed by atoms with E-state index in [2.05, 4.69) is 18.2 Å². The molecule has 0 bridgehead atoms. The van der Waals surface area contributed by atoms with Crippen molar-refractivity contribution in [2.24, 2.45) is 11.7 Å². The van der Waals surface area contributed by atoms with E-state index in [1.165, 1.54) is 11.1 Å². The van der Waals surface area contributed by atoms with Crippen LogP contribution in [0.4, 0.5) is 0 Å². The Balaban J connectivity index is 1.77. The minimum Gasteiger partial charge on any atom is -0.379 e. The number of benzene rings is 1. The van der Waals surface area contributed by atoms with Crippen molar-refractivity contribution in [1.82, 2.24) is 4.90 Å². The molecular weight excluding hydrogens is 240 g/mol. The Morgan fingerprint density at radius 1 is 1.26 bits per heavy atom. The molecule has 3 rings (SSSR count). The number of fused-ring (bicyclic) bond motifs is 1. The molecule has 0 saturated carbocycles. The average molecular weight is 260 g/mol. The van der Waals surface area contributed by atoms with Gasteiger partial charge in [0, 0.05) is 19.1 Å². The Morgan fingerprint density at radius 3 is 2.79 bits per heavy atom. The van der Waals surface area contributed by atoms with Crippen LogP contribution in [0.2, 0.25) is 0 Å². The molecule has 1 fully saturated rings. The van der Waals surface area contributed by atoms with E-state index in [0.717, 1.165) is 19.4 Å². The van der Waals surface area contributed by atoms with E-state index in [1.54, 1.807) is 0 Å². The number of nitrogens with two attached hydrogens (primary N) is 1. The predicted octanol–water partition coefficient (Wildman–Crippen LogP) is 0.935. The molecule has 2 aliphatic heterocycles. The molecule has 19 heavy (non-hydrogen) atoms. The van der Waals surface area contributed by atoms with Crippen molar-refractivity contribution in [3.63, 3.8) is 0 Å². The van der Waals surface area contributed by atoms with Gasteiger partial charge >= 0.3 is 0 Å². The predicted molar refractivity (Wildman–Crippen MR) is 72.5 cm³/mol. The van der Waals surface area contributed by atoms with Gasteiger partial charge in [0.1, 0.15) is 0 Å². The van der Waals surface area contributed by atoms with Crippen LogP contribution >= 0.6 is 0 Å². The fourth-order valence-electron chi connectivity index (χ4n) is 2.95. The van der Waals surface area contributed by atoms with Gasteiger partial charge in [-0.25, -0.2) is 0 Å². The Morgan fingerprint density at radius 2 is 2.05 bits per heavy atom. The zero-order valence-corrected chi connectivity index (χ0v) is 11.0. The van der Waals surface area contributed by atoms with Gasteiger partial charge in [0.2, 0.25) is 5.91 Å². The first-order chi connectivity index (χ1) is 9.25. The molecule has 4 nitrogen and oxygen atoms in total. The van der Waals surface area contributed by atoms with Gasteiger partial charge in [-0.05, 0) is 24.0 Å². The fraction of sp³-hybridized carbons (Fsp3) is 0.533. The number of nitrogens with zero attached hydrogens (tertiary/aromatic N) is 1. The standard InChI is InChI=1S/C15H20N2O2/c16-14-10-19-9-13(14)15(18)17-7-3-6-11-4-1-2-5-12(11)8-17/h1-2,4-5,13-14H,3,6-10,16H2. The second-order valence-corrected chi connectivity index (χ2v) is 5.44. The number of ether oxygens (including phenoxy) is 1. The van der Waals surface area contributed by atoms with Crippen LogP contribution in [-0.4, -0.2) is 36.6 Å². The molecule has 2 aliphatic rings. The van der Waals surface area contributed by atoms with E-state index in [0.29, 0.717) is 19.8 Å². The lowest BCUT2D eigenvalue weighted by molar-refractivity contribution is -0.136. The van der Waals surface area contributed by atoms with Crippen LogP contribution in [0.3, 0.4) is 0 Å². The van der Waals surface area contributed by atoms with E-state index in [9.17, 15) is 4.79 Å². The lowest BCUT2D eigenvalue weighted by Crippen LogP contribution is -2.43. The van der Waals surface area contributed by atoms with Crippen molar-refractivity contribution in [3.05, 3.63) is 35.4 Å².